The molecule has 1 atom stereocenters. The van der Waals surface area contributed by atoms with E-state index in [0.29, 0.717) is 30.8 Å². The number of nitrogens with zero attached hydrogens (tertiary/aromatic N) is 3. The van der Waals surface area contributed by atoms with Gasteiger partial charge in [0.25, 0.3) is 11.8 Å². The minimum Gasteiger partial charge on any atom is -0.478 e. The van der Waals surface area contributed by atoms with Crippen molar-refractivity contribution in [2.45, 2.75) is 25.3 Å². The standard InChI is InChI=1S/C26H26N4O4/c31-24(19-7-4-8-20(15-19)26(33)34)29-12-9-17(10-13-29)23-22-21(27-16-28-22)11-14-30(23)25(32)18-5-2-1-3-6-18/h1-8,15-17,23H,9-14H2,(H,27,28)(H,33,34). The zero-order valence-electron chi connectivity index (χ0n) is 18.7. The lowest BCUT2D eigenvalue weighted by atomic mass is 9.83. The van der Waals surface area contributed by atoms with E-state index in [0.717, 1.165) is 30.7 Å². The molecule has 2 N–H and O–H groups in total. The smallest absolute Gasteiger partial charge is 0.335 e. The number of imidazole rings is 1. The van der Waals surface area contributed by atoms with Crippen LogP contribution in [0, 0.1) is 5.92 Å². The van der Waals surface area contributed by atoms with E-state index < -0.39 is 5.97 Å². The molecule has 5 rings (SSSR count). The second-order valence-electron chi connectivity index (χ2n) is 8.84. The van der Waals surface area contributed by atoms with Gasteiger partial charge in [0.15, 0.2) is 0 Å². The lowest BCUT2D eigenvalue weighted by Gasteiger charge is -2.43. The molecule has 0 bridgehead atoms. The highest BCUT2D eigenvalue weighted by atomic mass is 16.4. The molecule has 0 radical (unpaired) electrons. The molecule has 2 aromatic carbocycles. The summed E-state index contributed by atoms with van der Waals surface area (Å²) in [5.41, 5.74) is 3.15. The number of carboxylic acids is 1. The Hall–Kier alpha value is -3.94. The number of benzene rings is 2. The van der Waals surface area contributed by atoms with Gasteiger partial charge in [0.05, 0.1) is 23.6 Å². The average Bonchev–Trinajstić information content (AvgIpc) is 3.37. The van der Waals surface area contributed by atoms with Gasteiger partial charge in [0.2, 0.25) is 0 Å². The number of amides is 2. The summed E-state index contributed by atoms with van der Waals surface area (Å²) in [7, 11) is 0. The quantitative estimate of drug-likeness (QED) is 0.623. The van der Waals surface area contributed by atoms with Gasteiger partial charge in [-0.1, -0.05) is 24.3 Å². The van der Waals surface area contributed by atoms with Crippen LogP contribution in [0.5, 0.6) is 0 Å². The minimum absolute atomic E-state index is 0.00300. The molecule has 3 aromatic rings. The Kier molecular flexibility index (Phi) is 5.88. The Labute approximate surface area is 197 Å². The van der Waals surface area contributed by atoms with Gasteiger partial charge in [-0.25, -0.2) is 9.78 Å². The first-order chi connectivity index (χ1) is 16.5. The van der Waals surface area contributed by atoms with Crippen molar-refractivity contribution in [3.8, 4) is 0 Å². The van der Waals surface area contributed by atoms with E-state index in [1.807, 2.05) is 35.2 Å². The summed E-state index contributed by atoms with van der Waals surface area (Å²) in [6, 6.07) is 15.3. The normalized spacial score (nSPS) is 18.4. The highest BCUT2D eigenvalue weighted by Gasteiger charge is 2.40. The number of hydrogen-bond donors (Lipinski definition) is 2. The minimum atomic E-state index is -1.05. The maximum absolute atomic E-state index is 13.4. The monoisotopic (exact) mass is 458 g/mol. The van der Waals surface area contributed by atoms with Crippen molar-refractivity contribution in [2.24, 2.45) is 5.92 Å². The number of hydrogen-bond acceptors (Lipinski definition) is 4. The van der Waals surface area contributed by atoms with Gasteiger partial charge in [0.1, 0.15) is 0 Å². The lowest BCUT2D eigenvalue weighted by Crippen LogP contribution is -2.47. The zero-order chi connectivity index (χ0) is 23.7. The number of aromatic amines is 1. The van der Waals surface area contributed by atoms with Crippen molar-refractivity contribution in [2.75, 3.05) is 19.6 Å². The van der Waals surface area contributed by atoms with Crippen molar-refractivity contribution in [1.82, 2.24) is 19.8 Å². The number of rotatable bonds is 4. The molecule has 8 heteroatoms. The number of H-pyrrole nitrogens is 1. The van der Waals surface area contributed by atoms with Crippen LogP contribution in [0.25, 0.3) is 0 Å². The molecule has 2 amide bonds. The van der Waals surface area contributed by atoms with Crippen LogP contribution >= 0.6 is 0 Å². The number of carbonyl (C=O) groups excluding carboxylic acids is 2. The van der Waals surface area contributed by atoms with Gasteiger partial charge in [0, 0.05) is 42.9 Å². The Morgan fingerprint density at radius 1 is 0.882 bits per heavy atom. The summed E-state index contributed by atoms with van der Waals surface area (Å²) < 4.78 is 0. The van der Waals surface area contributed by atoms with Gasteiger partial charge >= 0.3 is 5.97 Å². The molecule has 0 spiro atoms. The van der Waals surface area contributed by atoms with Crippen LogP contribution in [-0.2, 0) is 6.42 Å². The number of likely N-dealkylation sites (tertiary alicyclic amines) is 1. The highest BCUT2D eigenvalue weighted by molar-refractivity contribution is 5.97. The van der Waals surface area contributed by atoms with Crippen molar-refractivity contribution in [3.05, 3.63) is 89.0 Å². The predicted molar refractivity (Wildman–Crippen MR) is 125 cm³/mol. The second kappa shape index (κ2) is 9.13. The van der Waals surface area contributed by atoms with E-state index >= 15 is 0 Å². The fraction of sp³-hybridized carbons (Fsp3) is 0.308. The number of nitrogens with one attached hydrogen (secondary N) is 1. The Balaban J connectivity index is 1.34. The van der Waals surface area contributed by atoms with Crippen LogP contribution in [0.1, 0.15) is 61.3 Å². The molecule has 174 valence electrons. The molecule has 1 fully saturated rings. The van der Waals surface area contributed by atoms with Crippen molar-refractivity contribution in [3.63, 3.8) is 0 Å². The van der Waals surface area contributed by atoms with Gasteiger partial charge in [-0.05, 0) is 49.1 Å². The SMILES string of the molecule is O=C(O)c1cccc(C(=O)N2CCC(C3c4nc[nH]c4CCN3C(=O)c3ccccc3)CC2)c1. The molecule has 3 heterocycles. The van der Waals surface area contributed by atoms with Crippen LogP contribution < -0.4 is 0 Å². The first kappa shape index (κ1) is 21.9. The Morgan fingerprint density at radius 2 is 1.59 bits per heavy atom. The Bertz CT molecular complexity index is 1210. The summed E-state index contributed by atoms with van der Waals surface area (Å²) in [4.78, 5) is 49.2. The second-order valence-corrected chi connectivity index (χ2v) is 8.84. The fourth-order valence-corrected chi connectivity index (χ4v) is 5.14. The van der Waals surface area contributed by atoms with Crippen LogP contribution in [0.3, 0.4) is 0 Å². The molecule has 1 unspecified atom stereocenters. The third-order valence-corrected chi connectivity index (χ3v) is 6.88. The molecular formula is C26H26N4O4. The molecule has 1 aromatic heterocycles. The summed E-state index contributed by atoms with van der Waals surface area (Å²) >= 11 is 0. The highest BCUT2D eigenvalue weighted by Crippen LogP contribution is 2.39. The lowest BCUT2D eigenvalue weighted by molar-refractivity contribution is 0.0432. The molecule has 2 aliphatic rings. The van der Waals surface area contributed by atoms with E-state index in [4.69, 9.17) is 0 Å². The zero-order valence-corrected chi connectivity index (χ0v) is 18.7. The predicted octanol–water partition coefficient (Wildman–Crippen LogP) is 3.40. The molecular weight excluding hydrogens is 432 g/mol. The molecule has 8 nitrogen and oxygen atoms in total. The fourth-order valence-electron chi connectivity index (χ4n) is 5.14. The number of fused-ring (bicyclic) bond motifs is 1. The average molecular weight is 459 g/mol. The molecule has 0 saturated carbocycles. The van der Waals surface area contributed by atoms with Gasteiger partial charge in [-0.15, -0.1) is 0 Å². The molecule has 0 aliphatic carbocycles. The largest absolute Gasteiger partial charge is 0.478 e. The number of piperidine rings is 1. The van der Waals surface area contributed by atoms with Crippen LogP contribution in [-0.4, -0.2) is 62.3 Å². The maximum Gasteiger partial charge on any atom is 0.335 e. The van der Waals surface area contributed by atoms with E-state index in [2.05, 4.69) is 9.97 Å². The van der Waals surface area contributed by atoms with Gasteiger partial charge < -0.3 is 19.9 Å². The summed E-state index contributed by atoms with van der Waals surface area (Å²) in [5.74, 6) is -1.04. The topological polar surface area (TPSA) is 107 Å². The van der Waals surface area contributed by atoms with Crippen molar-refractivity contribution >= 4 is 17.8 Å². The van der Waals surface area contributed by atoms with Crippen LogP contribution in [0.4, 0.5) is 0 Å². The third-order valence-electron chi connectivity index (χ3n) is 6.88. The number of carbonyl (C=O) groups is 3. The first-order valence-electron chi connectivity index (χ1n) is 11.5. The molecule has 2 aliphatic heterocycles. The van der Waals surface area contributed by atoms with Crippen molar-refractivity contribution in [1.29, 1.82) is 0 Å². The van der Waals surface area contributed by atoms with E-state index in [-0.39, 0.29) is 29.3 Å². The van der Waals surface area contributed by atoms with E-state index in [1.165, 1.54) is 12.1 Å². The van der Waals surface area contributed by atoms with Crippen LogP contribution in [0.2, 0.25) is 0 Å². The van der Waals surface area contributed by atoms with Gasteiger partial charge in [-0.2, -0.15) is 0 Å². The maximum atomic E-state index is 13.4. The van der Waals surface area contributed by atoms with Crippen LogP contribution in [0.15, 0.2) is 60.9 Å². The first-order valence-corrected chi connectivity index (χ1v) is 11.5. The van der Waals surface area contributed by atoms with Gasteiger partial charge in [-0.3, -0.25) is 9.59 Å². The third kappa shape index (κ3) is 4.07. The van der Waals surface area contributed by atoms with E-state index in [1.54, 1.807) is 23.4 Å². The number of aromatic carboxylic acids is 1. The number of carboxylic acid groups (broad SMARTS) is 1. The van der Waals surface area contributed by atoms with Crippen molar-refractivity contribution < 1.29 is 19.5 Å². The Morgan fingerprint density at radius 3 is 2.32 bits per heavy atom. The number of aromatic nitrogens is 2. The summed E-state index contributed by atoms with van der Waals surface area (Å²) in [6.45, 7) is 1.71. The summed E-state index contributed by atoms with van der Waals surface area (Å²) in [5, 5.41) is 9.23. The molecule has 1 saturated heterocycles. The van der Waals surface area contributed by atoms with E-state index in [9.17, 15) is 19.5 Å². The molecule has 34 heavy (non-hydrogen) atoms. The summed E-state index contributed by atoms with van der Waals surface area (Å²) in [6.07, 6.45) is 3.91.